The molecule has 0 fully saturated rings. The number of hydrogen-bond donors (Lipinski definition) is 1. The summed E-state index contributed by atoms with van der Waals surface area (Å²) >= 11 is 5.88. The summed E-state index contributed by atoms with van der Waals surface area (Å²) in [5.41, 5.74) is 4.34. The second-order valence-electron chi connectivity index (χ2n) is 6.30. The molecule has 0 radical (unpaired) electrons. The number of ketones is 1. The van der Waals surface area contributed by atoms with Crippen molar-refractivity contribution in [1.82, 2.24) is 0 Å². The summed E-state index contributed by atoms with van der Waals surface area (Å²) in [6.07, 6.45) is 4.95. The number of nitrogens with zero attached hydrogens (tertiary/aromatic N) is 1. The van der Waals surface area contributed by atoms with E-state index in [2.05, 4.69) is 35.8 Å². The smallest absolute Gasteiger partial charge is 0.227 e. The number of benzene rings is 2. The van der Waals surface area contributed by atoms with E-state index in [1.165, 1.54) is 11.1 Å². The maximum atomic E-state index is 12.4. The molecule has 124 valence electrons. The lowest BCUT2D eigenvalue weighted by Crippen LogP contribution is -2.37. The Bertz CT molecular complexity index is 907. The molecule has 0 bridgehead atoms. The van der Waals surface area contributed by atoms with Crippen LogP contribution in [0.5, 0.6) is 0 Å². The Morgan fingerprint density at radius 3 is 2.60 bits per heavy atom. The van der Waals surface area contributed by atoms with Crippen LogP contribution in [0.15, 0.2) is 73.1 Å². The topological polar surface area (TPSA) is 33.0 Å². The van der Waals surface area contributed by atoms with E-state index in [0.29, 0.717) is 23.2 Å². The van der Waals surface area contributed by atoms with Crippen molar-refractivity contribution in [3.05, 3.63) is 94.8 Å². The molecule has 0 aliphatic carbocycles. The van der Waals surface area contributed by atoms with Gasteiger partial charge >= 0.3 is 0 Å². The summed E-state index contributed by atoms with van der Waals surface area (Å²) in [5, 5.41) is 4.19. The molecule has 2 heterocycles. The summed E-state index contributed by atoms with van der Waals surface area (Å²) in [4.78, 5) is 12.4. The lowest BCUT2D eigenvalue weighted by molar-refractivity contribution is -0.683. The molecule has 4 heteroatoms. The van der Waals surface area contributed by atoms with Crippen LogP contribution in [0.4, 0.5) is 5.69 Å². The minimum absolute atomic E-state index is 0.0761. The number of rotatable bonds is 4. The van der Waals surface area contributed by atoms with Crippen molar-refractivity contribution in [2.75, 3.05) is 5.32 Å². The Kier molecular flexibility index (Phi) is 4.24. The van der Waals surface area contributed by atoms with Crippen molar-refractivity contribution in [1.29, 1.82) is 0 Å². The van der Waals surface area contributed by atoms with E-state index >= 15 is 0 Å². The van der Waals surface area contributed by atoms with E-state index < -0.39 is 0 Å². The van der Waals surface area contributed by atoms with Gasteiger partial charge in [0.15, 0.2) is 12.4 Å². The van der Waals surface area contributed by atoms with E-state index in [1.807, 2.05) is 22.9 Å². The summed E-state index contributed by atoms with van der Waals surface area (Å²) in [7, 11) is 0. The van der Waals surface area contributed by atoms with E-state index in [1.54, 1.807) is 24.3 Å². The molecule has 3 aromatic rings. The monoisotopic (exact) mass is 349 g/mol. The SMILES string of the molecule is O=C(C[n+]1ccc2c(c1)CC(c1ccccc1)N2)c1ccc(Cl)cc1. The lowest BCUT2D eigenvalue weighted by atomic mass is 10.0. The zero-order chi connectivity index (χ0) is 17.2. The van der Waals surface area contributed by atoms with E-state index in [-0.39, 0.29) is 5.78 Å². The molecule has 3 nitrogen and oxygen atoms in total. The number of aromatic nitrogens is 1. The summed E-state index contributed by atoms with van der Waals surface area (Å²) < 4.78 is 1.95. The fraction of sp³-hybridized carbons (Fsp3) is 0.143. The van der Waals surface area contributed by atoms with Gasteiger partial charge in [0.05, 0.1) is 6.04 Å². The van der Waals surface area contributed by atoms with E-state index in [9.17, 15) is 4.79 Å². The van der Waals surface area contributed by atoms with Gasteiger partial charge in [-0.25, -0.2) is 0 Å². The molecule has 1 aromatic heterocycles. The third-order valence-electron chi connectivity index (χ3n) is 4.55. The highest BCUT2D eigenvalue weighted by Crippen LogP contribution is 2.32. The van der Waals surface area contributed by atoms with Gasteiger partial charge in [-0.1, -0.05) is 41.9 Å². The number of pyridine rings is 1. The van der Waals surface area contributed by atoms with Crippen LogP contribution in [0.25, 0.3) is 0 Å². The van der Waals surface area contributed by atoms with Crippen LogP contribution in [-0.2, 0) is 13.0 Å². The summed E-state index contributed by atoms with van der Waals surface area (Å²) in [6, 6.07) is 19.8. The minimum Gasteiger partial charge on any atom is -0.377 e. The second-order valence-corrected chi connectivity index (χ2v) is 6.73. The molecule has 1 N–H and O–H groups in total. The van der Waals surface area contributed by atoms with Gasteiger partial charge in [0, 0.05) is 34.3 Å². The van der Waals surface area contributed by atoms with Crippen LogP contribution in [0.3, 0.4) is 0 Å². The van der Waals surface area contributed by atoms with E-state index in [4.69, 9.17) is 11.6 Å². The first kappa shape index (κ1) is 15.9. The van der Waals surface area contributed by atoms with Crippen molar-refractivity contribution in [3.63, 3.8) is 0 Å². The molecule has 25 heavy (non-hydrogen) atoms. The summed E-state index contributed by atoms with van der Waals surface area (Å²) in [6.45, 7) is 0.324. The van der Waals surface area contributed by atoms with Crippen molar-refractivity contribution in [3.8, 4) is 0 Å². The van der Waals surface area contributed by atoms with Crippen LogP contribution in [0, 0.1) is 0 Å². The average molecular weight is 350 g/mol. The molecular weight excluding hydrogens is 332 g/mol. The maximum absolute atomic E-state index is 12.4. The predicted octanol–water partition coefficient (Wildman–Crippen LogP) is 4.22. The highest BCUT2D eigenvalue weighted by Gasteiger charge is 2.25. The fourth-order valence-corrected chi connectivity index (χ4v) is 3.36. The number of fused-ring (bicyclic) bond motifs is 1. The van der Waals surface area contributed by atoms with Crippen molar-refractivity contribution in [2.45, 2.75) is 19.0 Å². The Balaban J connectivity index is 1.50. The van der Waals surface area contributed by atoms with Gasteiger partial charge in [0.2, 0.25) is 12.3 Å². The normalized spacial score (nSPS) is 15.5. The molecule has 1 aliphatic heterocycles. The van der Waals surface area contributed by atoms with Crippen molar-refractivity contribution in [2.24, 2.45) is 0 Å². The largest absolute Gasteiger partial charge is 0.377 e. The molecule has 1 aliphatic rings. The molecule has 2 aromatic carbocycles. The number of Topliss-reactive ketones (excluding diaryl/α,β-unsaturated/α-hetero) is 1. The van der Waals surface area contributed by atoms with Gasteiger partial charge in [-0.2, -0.15) is 4.57 Å². The summed E-state index contributed by atoms with van der Waals surface area (Å²) in [5.74, 6) is 0.0761. The maximum Gasteiger partial charge on any atom is 0.227 e. The quantitative estimate of drug-likeness (QED) is 0.565. The molecular formula is C21H18ClN2O+. The van der Waals surface area contributed by atoms with E-state index in [0.717, 1.165) is 12.1 Å². The third-order valence-corrected chi connectivity index (χ3v) is 4.80. The Morgan fingerprint density at radius 1 is 1.08 bits per heavy atom. The van der Waals surface area contributed by atoms with Gasteiger partial charge in [0.1, 0.15) is 0 Å². The third kappa shape index (κ3) is 3.42. The number of carbonyl (C=O) groups is 1. The molecule has 0 spiro atoms. The number of nitrogens with one attached hydrogen (secondary N) is 1. The minimum atomic E-state index is 0.0761. The Hall–Kier alpha value is -2.65. The van der Waals surface area contributed by atoms with Crippen LogP contribution < -0.4 is 9.88 Å². The molecule has 0 saturated carbocycles. The second kappa shape index (κ2) is 6.69. The molecule has 0 saturated heterocycles. The fourth-order valence-electron chi connectivity index (χ4n) is 3.23. The van der Waals surface area contributed by atoms with Gasteiger partial charge in [-0.05, 0) is 29.8 Å². The van der Waals surface area contributed by atoms with Crippen LogP contribution in [-0.4, -0.2) is 5.78 Å². The molecule has 1 atom stereocenters. The molecule has 1 unspecified atom stereocenters. The van der Waals surface area contributed by atoms with Crippen LogP contribution in [0.1, 0.15) is 27.5 Å². The Labute approximate surface area is 151 Å². The number of hydrogen-bond acceptors (Lipinski definition) is 2. The average Bonchev–Trinajstić information content (AvgIpc) is 3.06. The predicted molar refractivity (Wildman–Crippen MR) is 98.9 cm³/mol. The zero-order valence-electron chi connectivity index (χ0n) is 13.7. The number of carbonyl (C=O) groups excluding carboxylic acids is 1. The molecule has 0 amide bonds. The highest BCUT2D eigenvalue weighted by molar-refractivity contribution is 6.30. The lowest BCUT2D eigenvalue weighted by Gasteiger charge is -2.10. The highest BCUT2D eigenvalue weighted by atomic mass is 35.5. The zero-order valence-corrected chi connectivity index (χ0v) is 14.4. The van der Waals surface area contributed by atoms with Gasteiger partial charge in [0.25, 0.3) is 0 Å². The first-order valence-corrected chi connectivity index (χ1v) is 8.69. The first-order valence-electron chi connectivity index (χ1n) is 8.31. The van der Waals surface area contributed by atoms with Gasteiger partial charge in [-0.3, -0.25) is 4.79 Å². The molecule has 4 rings (SSSR count). The number of halogens is 1. The standard InChI is InChI=1S/C21H17ClN2O/c22-18-8-6-16(7-9-18)21(25)14-24-11-10-19-17(13-24)12-20(23-19)15-4-2-1-3-5-15/h1-11,13,20H,12,14H2/p+1. The van der Waals surface area contributed by atoms with Crippen LogP contribution in [0.2, 0.25) is 5.02 Å². The first-order chi connectivity index (χ1) is 12.2. The van der Waals surface area contributed by atoms with Gasteiger partial charge < -0.3 is 5.32 Å². The Morgan fingerprint density at radius 2 is 1.84 bits per heavy atom. The number of anilines is 1. The van der Waals surface area contributed by atoms with Crippen molar-refractivity contribution < 1.29 is 9.36 Å². The van der Waals surface area contributed by atoms with Crippen LogP contribution >= 0.6 is 11.6 Å². The van der Waals surface area contributed by atoms with Gasteiger partial charge in [-0.15, -0.1) is 0 Å². The van der Waals surface area contributed by atoms with Crippen molar-refractivity contribution >= 4 is 23.1 Å².